The molecule has 9 atom stereocenters. The summed E-state index contributed by atoms with van der Waals surface area (Å²) in [5.74, 6) is 1.51. The highest BCUT2D eigenvalue weighted by Gasteiger charge is 2.79. The van der Waals surface area contributed by atoms with Crippen LogP contribution in [0.5, 0.6) is 0 Å². The molecule has 0 aromatic carbocycles. The van der Waals surface area contributed by atoms with Gasteiger partial charge in [-0.25, -0.2) is 0 Å². The van der Waals surface area contributed by atoms with Gasteiger partial charge in [-0.3, -0.25) is 14.4 Å². The molecule has 5 heteroatoms. The minimum atomic E-state index is -0.342. The van der Waals surface area contributed by atoms with Crippen molar-refractivity contribution in [2.24, 2.45) is 53.3 Å². The van der Waals surface area contributed by atoms with E-state index < -0.39 is 0 Å². The van der Waals surface area contributed by atoms with Crippen molar-refractivity contribution in [3.8, 4) is 0 Å². The van der Waals surface area contributed by atoms with Crippen LogP contribution in [0, 0.1) is 53.3 Å². The van der Waals surface area contributed by atoms with Gasteiger partial charge in [0.1, 0.15) is 5.76 Å². The van der Waals surface area contributed by atoms with Gasteiger partial charge in [-0.05, 0) is 54.9 Å². The smallest absolute Gasteiger partial charge is 0.318 e. The Bertz CT molecular complexity index is 701. The summed E-state index contributed by atoms with van der Waals surface area (Å²) in [4.78, 5) is 35.7. The fraction of sp³-hybridized carbons (Fsp3) is 0.632. The molecule has 0 N–H and O–H groups in total. The van der Waals surface area contributed by atoms with Crippen LogP contribution in [0.15, 0.2) is 23.5 Å². The van der Waals surface area contributed by atoms with Crippen molar-refractivity contribution in [2.45, 2.75) is 20.8 Å². The van der Waals surface area contributed by atoms with Crippen molar-refractivity contribution in [3.05, 3.63) is 23.5 Å². The maximum absolute atomic E-state index is 12.1. The topological polar surface area (TPSA) is 69.7 Å². The Kier molecular flexibility index (Phi) is 2.63. The van der Waals surface area contributed by atoms with Crippen LogP contribution in [0.1, 0.15) is 20.8 Å². The van der Waals surface area contributed by atoms with Crippen LogP contribution in [0.25, 0.3) is 0 Å². The minimum absolute atomic E-state index is 0.103. The summed E-state index contributed by atoms with van der Waals surface area (Å²) in [6.45, 7) is 5.38. The van der Waals surface area contributed by atoms with Crippen LogP contribution in [0.2, 0.25) is 0 Å². The molecule has 0 radical (unpaired) electrons. The number of carbonyl (C=O) groups excluding carboxylic acids is 3. The summed E-state index contributed by atoms with van der Waals surface area (Å²) in [5.41, 5.74) is 1.04. The van der Waals surface area contributed by atoms with Gasteiger partial charge in [-0.1, -0.05) is 12.2 Å². The molecule has 5 aliphatic carbocycles. The number of fused-ring (bicyclic) bond motifs is 1. The van der Waals surface area contributed by atoms with E-state index in [9.17, 15) is 14.4 Å². The van der Waals surface area contributed by atoms with Gasteiger partial charge in [0, 0.05) is 12.8 Å². The second-order valence-corrected chi connectivity index (χ2v) is 8.12. The van der Waals surface area contributed by atoms with E-state index in [0.29, 0.717) is 23.7 Å². The van der Waals surface area contributed by atoms with Crippen LogP contribution < -0.4 is 0 Å². The van der Waals surface area contributed by atoms with Crippen molar-refractivity contribution >= 4 is 17.9 Å². The molecule has 6 aliphatic rings. The minimum Gasteiger partial charge on any atom is -0.431 e. The normalized spacial score (nSPS) is 48.7. The first-order chi connectivity index (χ1) is 11.4. The van der Waals surface area contributed by atoms with Gasteiger partial charge >= 0.3 is 17.9 Å². The molecule has 1 saturated heterocycles. The fourth-order valence-corrected chi connectivity index (χ4v) is 6.31. The number of cyclic esters (lactones) is 2. The first kappa shape index (κ1) is 14.4. The molecule has 1 unspecified atom stereocenters. The molecule has 2 bridgehead atoms. The van der Waals surface area contributed by atoms with Gasteiger partial charge in [0.15, 0.2) is 0 Å². The fourth-order valence-electron chi connectivity index (χ4n) is 6.31. The highest BCUT2D eigenvalue weighted by atomic mass is 16.6. The van der Waals surface area contributed by atoms with Crippen LogP contribution in [0.4, 0.5) is 0 Å². The van der Waals surface area contributed by atoms with Gasteiger partial charge in [-0.2, -0.15) is 0 Å². The Morgan fingerprint density at radius 1 is 0.917 bits per heavy atom. The molecule has 5 nitrogen and oxygen atoms in total. The highest BCUT2D eigenvalue weighted by Crippen LogP contribution is 2.79. The predicted molar refractivity (Wildman–Crippen MR) is 81.8 cm³/mol. The average molecular weight is 328 g/mol. The van der Waals surface area contributed by atoms with Gasteiger partial charge < -0.3 is 9.47 Å². The lowest BCUT2D eigenvalue weighted by atomic mass is 9.47. The van der Waals surface area contributed by atoms with Crippen LogP contribution >= 0.6 is 0 Å². The Morgan fingerprint density at radius 2 is 1.42 bits per heavy atom. The molecule has 3 saturated carbocycles. The monoisotopic (exact) mass is 328 g/mol. The molecule has 0 spiro atoms. The van der Waals surface area contributed by atoms with Gasteiger partial charge in [0.05, 0.1) is 11.8 Å². The molecule has 0 amide bonds. The molecule has 24 heavy (non-hydrogen) atoms. The Balaban J connectivity index is 1.48. The van der Waals surface area contributed by atoms with E-state index in [0.717, 1.165) is 11.3 Å². The van der Waals surface area contributed by atoms with Gasteiger partial charge in [-0.15, -0.1) is 0 Å². The zero-order chi connectivity index (χ0) is 16.9. The van der Waals surface area contributed by atoms with Crippen molar-refractivity contribution in [2.75, 3.05) is 0 Å². The molecule has 1 heterocycles. The third-order valence-corrected chi connectivity index (χ3v) is 6.92. The summed E-state index contributed by atoms with van der Waals surface area (Å²) in [7, 11) is 0. The summed E-state index contributed by atoms with van der Waals surface area (Å²) >= 11 is 0. The van der Waals surface area contributed by atoms with Crippen molar-refractivity contribution in [1.82, 2.24) is 0 Å². The van der Waals surface area contributed by atoms with E-state index in [4.69, 9.17) is 9.47 Å². The number of esters is 3. The van der Waals surface area contributed by atoms with Gasteiger partial charge in [0.2, 0.25) is 0 Å². The number of allylic oxidation sites excluding steroid dienone is 4. The number of ether oxygens (including phenoxy) is 2. The lowest BCUT2D eigenvalue weighted by Gasteiger charge is -2.54. The van der Waals surface area contributed by atoms with Crippen LogP contribution in [-0.4, -0.2) is 17.9 Å². The second kappa shape index (κ2) is 4.38. The van der Waals surface area contributed by atoms with E-state index in [1.54, 1.807) is 0 Å². The largest absolute Gasteiger partial charge is 0.431 e. The summed E-state index contributed by atoms with van der Waals surface area (Å²) in [5, 5.41) is 0. The SMILES string of the molecule is CC(=O)OC(=C(C)C)C1[C@@H]2[C@H]1[C@H]1[C@H]3C=C[C@H]([C@@H]4C(=O)OC(=O)[C@H]34)[C@@H]21. The molecule has 4 fully saturated rings. The standard InChI is InChI=1S/C19H20O5/c1-6(2)17(23-7(3)20)16-14-10-8-4-5-9(11(10)15(14)16)13-12(8)18(21)24-19(13)22/h4-5,8-16H,1-3H3/t8-,9+,10+,11-,12-,13+,14-,15+,16?. The third kappa shape index (κ3) is 1.53. The molecular formula is C19H20O5. The molecule has 0 aromatic heterocycles. The molecular weight excluding hydrogens is 308 g/mol. The maximum atomic E-state index is 12.1. The first-order valence-electron chi connectivity index (χ1n) is 8.71. The summed E-state index contributed by atoms with van der Waals surface area (Å²) in [6.07, 6.45) is 4.26. The van der Waals surface area contributed by atoms with Gasteiger partial charge in [0.25, 0.3) is 0 Å². The number of rotatable bonds is 2. The summed E-state index contributed by atoms with van der Waals surface area (Å²) < 4.78 is 10.4. The third-order valence-electron chi connectivity index (χ3n) is 6.92. The van der Waals surface area contributed by atoms with E-state index in [1.807, 2.05) is 13.8 Å². The predicted octanol–water partition coefficient (Wildman–Crippen LogP) is 2.08. The van der Waals surface area contributed by atoms with Crippen LogP contribution in [-0.2, 0) is 23.9 Å². The number of hydrogen-bond acceptors (Lipinski definition) is 5. The maximum Gasteiger partial charge on any atom is 0.318 e. The molecule has 6 rings (SSSR count). The Morgan fingerprint density at radius 3 is 1.83 bits per heavy atom. The highest BCUT2D eigenvalue weighted by molar-refractivity contribution is 5.97. The second-order valence-electron chi connectivity index (χ2n) is 8.12. The quantitative estimate of drug-likeness (QED) is 0.336. The lowest BCUT2D eigenvalue weighted by Crippen LogP contribution is -2.55. The zero-order valence-electron chi connectivity index (χ0n) is 13.9. The van der Waals surface area contributed by atoms with Crippen molar-refractivity contribution < 1.29 is 23.9 Å². The van der Waals surface area contributed by atoms with Crippen molar-refractivity contribution in [1.29, 1.82) is 0 Å². The average Bonchev–Trinajstić information content (AvgIpc) is 3.02. The number of carbonyl (C=O) groups is 3. The zero-order valence-corrected chi connectivity index (χ0v) is 13.9. The van der Waals surface area contributed by atoms with E-state index >= 15 is 0 Å². The molecule has 0 aromatic rings. The number of hydrogen-bond donors (Lipinski definition) is 0. The van der Waals surface area contributed by atoms with E-state index in [2.05, 4.69) is 12.2 Å². The van der Waals surface area contributed by atoms with Crippen molar-refractivity contribution in [3.63, 3.8) is 0 Å². The molecule has 126 valence electrons. The van der Waals surface area contributed by atoms with E-state index in [1.165, 1.54) is 6.92 Å². The lowest BCUT2D eigenvalue weighted by molar-refractivity contribution is -0.154. The summed E-state index contributed by atoms with van der Waals surface area (Å²) in [6, 6.07) is 0. The Labute approximate surface area is 140 Å². The van der Waals surface area contributed by atoms with E-state index in [-0.39, 0.29) is 47.5 Å². The Hall–Kier alpha value is -1.91. The van der Waals surface area contributed by atoms with Crippen LogP contribution in [0.3, 0.4) is 0 Å². The first-order valence-corrected chi connectivity index (χ1v) is 8.71. The molecule has 1 aliphatic heterocycles.